The molecule has 25 heavy (non-hydrogen) atoms. The van der Waals surface area contributed by atoms with Gasteiger partial charge in [-0.05, 0) is 12.1 Å². The molecule has 0 radical (unpaired) electrons. The van der Waals surface area contributed by atoms with E-state index in [1.54, 1.807) is 4.90 Å². The van der Waals surface area contributed by atoms with Crippen LogP contribution in [0.1, 0.15) is 23.3 Å². The van der Waals surface area contributed by atoms with Gasteiger partial charge in [0, 0.05) is 31.4 Å². The van der Waals surface area contributed by atoms with Crippen molar-refractivity contribution in [2.75, 3.05) is 19.7 Å². The molecule has 1 amide bonds. The first-order chi connectivity index (χ1) is 12.2. The van der Waals surface area contributed by atoms with Gasteiger partial charge in [0.2, 0.25) is 0 Å². The summed E-state index contributed by atoms with van der Waals surface area (Å²) in [6.45, 7) is 1.44. The van der Waals surface area contributed by atoms with Crippen molar-refractivity contribution in [2.45, 2.75) is 24.5 Å². The zero-order chi connectivity index (χ0) is 17.3. The number of amides is 1. The second-order valence-corrected chi connectivity index (χ2v) is 6.31. The Kier molecular flexibility index (Phi) is 4.04. The number of hydrogen-bond donors (Lipinski definition) is 0. The van der Waals surface area contributed by atoms with Gasteiger partial charge in [0.1, 0.15) is 17.4 Å². The molecule has 4 heterocycles. The second-order valence-electron chi connectivity index (χ2n) is 6.31. The third kappa shape index (κ3) is 3.17. The van der Waals surface area contributed by atoms with E-state index in [4.69, 9.17) is 9.47 Å². The predicted octanol–water partition coefficient (Wildman–Crippen LogP) is 1.46. The van der Waals surface area contributed by atoms with Crippen LogP contribution in [0.4, 0.5) is 4.39 Å². The van der Waals surface area contributed by atoms with E-state index in [2.05, 4.69) is 15.0 Å². The minimum Gasteiger partial charge on any atom is -0.472 e. The molecule has 2 saturated heterocycles. The summed E-state index contributed by atoms with van der Waals surface area (Å²) in [6.07, 6.45) is 7.03. The van der Waals surface area contributed by atoms with Gasteiger partial charge in [0.15, 0.2) is 5.82 Å². The Bertz CT molecular complexity index is 767. The maximum absolute atomic E-state index is 13.7. The average molecular weight is 344 g/mol. The van der Waals surface area contributed by atoms with Crippen LogP contribution in [0, 0.1) is 5.82 Å². The maximum atomic E-state index is 13.7. The number of halogens is 1. The van der Waals surface area contributed by atoms with E-state index in [-0.39, 0.29) is 17.9 Å². The topological polar surface area (TPSA) is 77.4 Å². The van der Waals surface area contributed by atoms with Crippen molar-refractivity contribution in [1.29, 1.82) is 0 Å². The summed E-state index contributed by atoms with van der Waals surface area (Å²) in [6, 6.07) is 2.84. The fourth-order valence-electron chi connectivity index (χ4n) is 3.28. The molecule has 1 unspecified atom stereocenters. The molecular weight excluding hydrogens is 327 g/mol. The van der Waals surface area contributed by atoms with Crippen LogP contribution in [-0.4, -0.2) is 57.2 Å². The molecule has 2 aliphatic rings. The Labute approximate surface area is 143 Å². The van der Waals surface area contributed by atoms with Crippen LogP contribution < -0.4 is 4.74 Å². The van der Waals surface area contributed by atoms with Gasteiger partial charge >= 0.3 is 0 Å². The molecule has 2 aromatic rings. The van der Waals surface area contributed by atoms with Gasteiger partial charge in [-0.25, -0.2) is 14.4 Å². The third-order valence-corrected chi connectivity index (χ3v) is 4.48. The van der Waals surface area contributed by atoms with Gasteiger partial charge in [-0.2, -0.15) is 0 Å². The number of carbonyl (C=O) groups is 1. The first-order valence-electron chi connectivity index (χ1n) is 8.12. The van der Waals surface area contributed by atoms with E-state index in [1.807, 2.05) is 0 Å². The van der Waals surface area contributed by atoms with Crippen LogP contribution in [0.3, 0.4) is 0 Å². The Morgan fingerprint density at radius 2 is 2.20 bits per heavy atom. The van der Waals surface area contributed by atoms with E-state index >= 15 is 0 Å². The van der Waals surface area contributed by atoms with Gasteiger partial charge in [-0.15, -0.1) is 0 Å². The number of carbonyl (C=O) groups excluding carboxylic acids is 1. The van der Waals surface area contributed by atoms with E-state index in [0.29, 0.717) is 38.2 Å². The molecule has 1 spiro atoms. The first kappa shape index (κ1) is 15.9. The molecule has 0 saturated carbocycles. The minimum atomic E-state index is -0.476. The number of rotatable bonds is 3. The molecule has 2 fully saturated rings. The highest BCUT2D eigenvalue weighted by molar-refractivity contribution is 5.92. The number of ether oxygens (including phenoxy) is 2. The van der Waals surface area contributed by atoms with Gasteiger partial charge in [0.25, 0.3) is 11.8 Å². The highest BCUT2D eigenvalue weighted by Gasteiger charge is 2.50. The number of likely N-dealkylation sites (tertiary alicyclic amines) is 1. The van der Waals surface area contributed by atoms with Gasteiger partial charge in [-0.1, -0.05) is 0 Å². The zero-order valence-corrected chi connectivity index (χ0v) is 13.5. The summed E-state index contributed by atoms with van der Waals surface area (Å²) >= 11 is 0. The lowest BCUT2D eigenvalue weighted by molar-refractivity contribution is -0.174. The van der Waals surface area contributed by atoms with Crippen molar-refractivity contribution in [3.05, 3.63) is 48.4 Å². The summed E-state index contributed by atoms with van der Waals surface area (Å²) in [5, 5.41) is 0. The molecule has 2 aliphatic heterocycles. The van der Waals surface area contributed by atoms with Crippen LogP contribution >= 0.6 is 0 Å². The second kappa shape index (κ2) is 6.36. The third-order valence-electron chi connectivity index (χ3n) is 4.48. The zero-order valence-electron chi connectivity index (χ0n) is 13.5. The van der Waals surface area contributed by atoms with Crippen LogP contribution in [0.25, 0.3) is 0 Å². The molecule has 130 valence electrons. The molecule has 0 aliphatic carbocycles. The smallest absolute Gasteiger partial charge is 0.274 e. The minimum absolute atomic E-state index is 0.0105. The highest BCUT2D eigenvalue weighted by Crippen LogP contribution is 2.36. The number of hydrogen-bond acceptors (Lipinski definition) is 6. The van der Waals surface area contributed by atoms with Gasteiger partial charge < -0.3 is 14.4 Å². The standard InChI is InChI=1S/C17H17FN4O3/c18-13-2-1-4-21-15(13)25-12-3-7-24-17(8-12)10-22(11-17)16(23)14-9-19-5-6-20-14/h1-2,4-6,9,12H,3,7-8,10-11H2. The molecule has 2 aromatic heterocycles. The van der Waals surface area contributed by atoms with Crippen molar-refractivity contribution in [3.8, 4) is 5.88 Å². The average Bonchev–Trinajstić information content (AvgIpc) is 2.62. The highest BCUT2D eigenvalue weighted by atomic mass is 19.1. The Morgan fingerprint density at radius 1 is 1.32 bits per heavy atom. The van der Waals surface area contributed by atoms with E-state index < -0.39 is 11.4 Å². The van der Waals surface area contributed by atoms with Crippen LogP contribution in [0.2, 0.25) is 0 Å². The SMILES string of the molecule is O=C(c1cnccn1)N1CC2(CC(Oc3ncccc3F)CCO2)C1. The lowest BCUT2D eigenvalue weighted by Gasteiger charge is -2.52. The maximum Gasteiger partial charge on any atom is 0.274 e. The molecule has 7 nitrogen and oxygen atoms in total. The van der Waals surface area contributed by atoms with E-state index in [0.717, 1.165) is 0 Å². The quantitative estimate of drug-likeness (QED) is 0.839. The van der Waals surface area contributed by atoms with Gasteiger partial charge in [0.05, 0.1) is 25.9 Å². The Hall–Kier alpha value is -2.61. The summed E-state index contributed by atoms with van der Waals surface area (Å²) in [5.41, 5.74) is -0.122. The number of aromatic nitrogens is 3. The number of pyridine rings is 1. The first-order valence-corrected chi connectivity index (χ1v) is 8.12. The molecule has 0 aromatic carbocycles. The molecule has 0 bridgehead atoms. The molecule has 8 heteroatoms. The predicted molar refractivity (Wildman–Crippen MR) is 84.5 cm³/mol. The molecule has 0 N–H and O–H groups in total. The fraction of sp³-hybridized carbons (Fsp3) is 0.412. The summed E-state index contributed by atoms with van der Waals surface area (Å²) < 4.78 is 25.3. The van der Waals surface area contributed by atoms with Crippen molar-refractivity contribution < 1.29 is 18.7 Å². The van der Waals surface area contributed by atoms with E-state index in [1.165, 1.54) is 36.9 Å². The van der Waals surface area contributed by atoms with E-state index in [9.17, 15) is 9.18 Å². The molecule has 4 rings (SSSR count). The number of nitrogens with zero attached hydrogens (tertiary/aromatic N) is 4. The van der Waals surface area contributed by atoms with Crippen LogP contribution in [0.5, 0.6) is 5.88 Å². The van der Waals surface area contributed by atoms with Crippen LogP contribution in [-0.2, 0) is 4.74 Å². The van der Waals surface area contributed by atoms with Crippen molar-refractivity contribution in [1.82, 2.24) is 19.9 Å². The monoisotopic (exact) mass is 344 g/mol. The van der Waals surface area contributed by atoms with Crippen molar-refractivity contribution in [3.63, 3.8) is 0 Å². The summed E-state index contributed by atoms with van der Waals surface area (Å²) in [5.74, 6) is -0.631. The van der Waals surface area contributed by atoms with Gasteiger partial charge in [-0.3, -0.25) is 9.78 Å². The largest absolute Gasteiger partial charge is 0.472 e. The summed E-state index contributed by atoms with van der Waals surface area (Å²) in [7, 11) is 0. The van der Waals surface area contributed by atoms with Crippen molar-refractivity contribution in [2.24, 2.45) is 0 Å². The summed E-state index contributed by atoms with van der Waals surface area (Å²) in [4.78, 5) is 25.9. The fourth-order valence-corrected chi connectivity index (χ4v) is 3.28. The normalized spacial score (nSPS) is 21.6. The molecule has 1 atom stereocenters. The van der Waals surface area contributed by atoms with Crippen molar-refractivity contribution >= 4 is 5.91 Å². The lowest BCUT2D eigenvalue weighted by Crippen LogP contribution is -2.67. The Balaban J connectivity index is 1.38. The van der Waals surface area contributed by atoms with Crippen LogP contribution in [0.15, 0.2) is 36.9 Å². The lowest BCUT2D eigenvalue weighted by atomic mass is 9.84. The Morgan fingerprint density at radius 3 is 2.96 bits per heavy atom. The molecular formula is C17H17FN4O3.